The number of benzene rings is 1. The van der Waals surface area contributed by atoms with Gasteiger partial charge in [0.1, 0.15) is 11.7 Å². The molecule has 2 aromatic heterocycles. The van der Waals surface area contributed by atoms with Gasteiger partial charge in [0, 0.05) is 28.2 Å². The van der Waals surface area contributed by atoms with Crippen LogP contribution in [0.25, 0.3) is 5.78 Å². The molecule has 1 saturated heterocycles. The second kappa shape index (κ2) is 6.91. The molecule has 0 radical (unpaired) electrons. The zero-order chi connectivity index (χ0) is 19.2. The van der Waals surface area contributed by atoms with Crippen molar-refractivity contribution in [3.63, 3.8) is 0 Å². The second-order valence-corrected chi connectivity index (χ2v) is 8.87. The Morgan fingerprint density at radius 2 is 2.11 bits per heavy atom. The van der Waals surface area contributed by atoms with Crippen molar-refractivity contribution < 1.29 is 9.18 Å². The number of aryl methyl sites for hydroxylation is 1. The summed E-state index contributed by atoms with van der Waals surface area (Å²) in [6, 6.07) is 8.99. The van der Waals surface area contributed by atoms with Crippen LogP contribution < -0.4 is 0 Å². The van der Waals surface area contributed by atoms with Crippen molar-refractivity contribution in [1.82, 2.24) is 24.5 Å². The number of hydrogen-bond acceptors (Lipinski definition) is 4. The van der Waals surface area contributed by atoms with Gasteiger partial charge in [0.2, 0.25) is 0 Å². The molecular formula is C18H18BrFN5OP. The number of hydrogen-bond donors (Lipinski definition) is 0. The van der Waals surface area contributed by atoms with Crippen LogP contribution in [0.3, 0.4) is 0 Å². The fraction of sp³-hybridized carbons (Fsp3) is 0.333. The highest BCUT2D eigenvalue weighted by atomic mass is 79.9. The molecule has 9 heteroatoms. The average Bonchev–Trinajstić information content (AvgIpc) is 3.08. The van der Waals surface area contributed by atoms with Crippen LogP contribution in [0.4, 0.5) is 4.39 Å². The van der Waals surface area contributed by atoms with Crippen molar-refractivity contribution >= 4 is 36.9 Å². The van der Waals surface area contributed by atoms with E-state index in [1.54, 1.807) is 21.5 Å². The summed E-state index contributed by atoms with van der Waals surface area (Å²) < 4.78 is 17.6. The first-order valence-electron chi connectivity index (χ1n) is 8.52. The zero-order valence-corrected chi connectivity index (χ0v) is 17.4. The minimum atomic E-state index is -1.57. The summed E-state index contributed by atoms with van der Waals surface area (Å²) in [5, 5.41) is 2.65. The van der Waals surface area contributed by atoms with Gasteiger partial charge in [-0.25, -0.2) is 13.9 Å². The SMILES string of the molecule is Cc1cc([C@@H]2CN(C(=O)c3ccc(Br)cc3)CC(F)(P)C2)n2ncnc2n1. The number of carbonyl (C=O) groups is 1. The van der Waals surface area contributed by atoms with Crippen LogP contribution in [-0.4, -0.2) is 48.9 Å². The van der Waals surface area contributed by atoms with E-state index in [9.17, 15) is 4.79 Å². The molecule has 1 fully saturated rings. The predicted octanol–water partition coefficient (Wildman–Crippen LogP) is 3.37. The third-order valence-electron chi connectivity index (χ3n) is 4.68. The first-order valence-corrected chi connectivity index (χ1v) is 9.89. The van der Waals surface area contributed by atoms with Gasteiger partial charge in [-0.3, -0.25) is 4.79 Å². The predicted molar refractivity (Wildman–Crippen MR) is 106 cm³/mol. The van der Waals surface area contributed by atoms with Crippen molar-refractivity contribution in [2.45, 2.75) is 24.7 Å². The Kier molecular flexibility index (Phi) is 4.72. The quantitative estimate of drug-likeness (QED) is 0.562. The molecule has 3 aromatic rings. The van der Waals surface area contributed by atoms with Gasteiger partial charge < -0.3 is 4.90 Å². The van der Waals surface area contributed by atoms with Crippen molar-refractivity contribution in [3.05, 3.63) is 58.1 Å². The van der Waals surface area contributed by atoms with E-state index in [1.807, 2.05) is 25.1 Å². The van der Waals surface area contributed by atoms with E-state index in [4.69, 9.17) is 0 Å². The number of rotatable bonds is 2. The topological polar surface area (TPSA) is 63.4 Å². The van der Waals surface area contributed by atoms with Crippen molar-refractivity contribution in [2.24, 2.45) is 0 Å². The lowest BCUT2D eigenvalue weighted by molar-refractivity contribution is 0.0543. The largest absolute Gasteiger partial charge is 0.334 e. The third-order valence-corrected chi connectivity index (χ3v) is 5.63. The van der Waals surface area contributed by atoms with E-state index in [0.717, 1.165) is 15.9 Å². The normalized spacial score (nSPS) is 23.0. The molecule has 2 unspecified atom stereocenters. The highest BCUT2D eigenvalue weighted by molar-refractivity contribution is 9.10. The van der Waals surface area contributed by atoms with Gasteiger partial charge in [-0.15, -0.1) is 0 Å². The number of halogens is 2. The summed E-state index contributed by atoms with van der Waals surface area (Å²) in [5.41, 5.74) is 2.14. The number of likely N-dealkylation sites (tertiary alicyclic amines) is 1. The number of piperidine rings is 1. The Morgan fingerprint density at radius 1 is 1.37 bits per heavy atom. The van der Waals surface area contributed by atoms with Gasteiger partial charge in [0.25, 0.3) is 11.7 Å². The van der Waals surface area contributed by atoms with E-state index >= 15 is 4.39 Å². The summed E-state index contributed by atoms with van der Waals surface area (Å²) in [5.74, 6) is 0.0819. The molecule has 3 atom stereocenters. The summed E-state index contributed by atoms with van der Waals surface area (Å²) >= 11 is 3.36. The molecule has 6 nitrogen and oxygen atoms in total. The van der Waals surface area contributed by atoms with Crippen LogP contribution in [0.2, 0.25) is 0 Å². The molecule has 0 spiro atoms. The molecule has 1 aromatic carbocycles. The number of fused-ring (bicyclic) bond motifs is 1. The van der Waals surface area contributed by atoms with Crippen LogP contribution in [0.5, 0.6) is 0 Å². The van der Waals surface area contributed by atoms with Crippen LogP contribution >= 0.6 is 25.2 Å². The summed E-state index contributed by atoms with van der Waals surface area (Å²) in [6.45, 7) is 2.32. The van der Waals surface area contributed by atoms with Gasteiger partial charge in [-0.1, -0.05) is 25.2 Å². The molecular weight excluding hydrogens is 432 g/mol. The molecule has 0 saturated carbocycles. The number of carbonyl (C=O) groups excluding carboxylic acids is 1. The lowest BCUT2D eigenvalue weighted by atomic mass is 9.92. The molecule has 3 heterocycles. The van der Waals surface area contributed by atoms with Gasteiger partial charge in [0.05, 0.1) is 12.2 Å². The fourth-order valence-electron chi connectivity index (χ4n) is 3.56. The van der Waals surface area contributed by atoms with Crippen LogP contribution in [0, 0.1) is 6.92 Å². The van der Waals surface area contributed by atoms with E-state index in [0.29, 0.717) is 17.9 Å². The van der Waals surface area contributed by atoms with E-state index in [1.165, 1.54) is 6.33 Å². The number of aromatic nitrogens is 4. The molecule has 1 aliphatic heterocycles. The molecule has 140 valence electrons. The molecule has 1 amide bonds. The number of nitrogens with zero attached hydrogens (tertiary/aromatic N) is 5. The Bertz CT molecular complexity index is 1010. The first kappa shape index (κ1) is 18.4. The number of amides is 1. The minimum Gasteiger partial charge on any atom is -0.334 e. The monoisotopic (exact) mass is 449 g/mol. The maximum atomic E-state index is 15.1. The van der Waals surface area contributed by atoms with E-state index in [2.05, 4.69) is 40.2 Å². The maximum absolute atomic E-state index is 15.1. The highest BCUT2D eigenvalue weighted by Gasteiger charge is 2.40. The highest BCUT2D eigenvalue weighted by Crippen LogP contribution is 2.39. The smallest absolute Gasteiger partial charge is 0.253 e. The summed E-state index contributed by atoms with van der Waals surface area (Å²) in [7, 11) is 2.27. The van der Waals surface area contributed by atoms with E-state index in [-0.39, 0.29) is 24.8 Å². The fourth-order valence-corrected chi connectivity index (χ4v) is 4.33. The molecule has 0 bridgehead atoms. The van der Waals surface area contributed by atoms with Gasteiger partial charge >= 0.3 is 0 Å². The molecule has 0 aliphatic carbocycles. The first-order chi connectivity index (χ1) is 12.8. The average molecular weight is 450 g/mol. The zero-order valence-electron chi connectivity index (χ0n) is 14.6. The van der Waals surface area contributed by atoms with Gasteiger partial charge in [-0.05, 0) is 43.7 Å². The minimum absolute atomic E-state index is 0.0353. The summed E-state index contributed by atoms with van der Waals surface area (Å²) in [4.78, 5) is 23.0. The van der Waals surface area contributed by atoms with Crippen LogP contribution in [0.1, 0.15) is 34.1 Å². The van der Waals surface area contributed by atoms with Gasteiger partial charge in [0.15, 0.2) is 0 Å². The van der Waals surface area contributed by atoms with Crippen LogP contribution in [-0.2, 0) is 0 Å². The Hall–Kier alpha value is -1.92. The van der Waals surface area contributed by atoms with Gasteiger partial charge in [-0.2, -0.15) is 10.1 Å². The second-order valence-electron chi connectivity index (χ2n) is 6.92. The summed E-state index contributed by atoms with van der Waals surface area (Å²) in [6.07, 6.45) is 1.71. The Labute approximate surface area is 166 Å². The third kappa shape index (κ3) is 3.73. The Morgan fingerprint density at radius 3 is 2.85 bits per heavy atom. The maximum Gasteiger partial charge on any atom is 0.253 e. The van der Waals surface area contributed by atoms with Crippen LogP contribution in [0.15, 0.2) is 41.1 Å². The number of alkyl halides is 1. The molecule has 1 aliphatic rings. The van der Waals surface area contributed by atoms with Crippen molar-refractivity contribution in [1.29, 1.82) is 0 Å². The molecule has 4 rings (SSSR count). The molecule has 0 N–H and O–H groups in total. The lowest BCUT2D eigenvalue weighted by Gasteiger charge is -2.40. The standard InChI is InChI=1S/C18H18BrFN5OP/c1-11-6-15(25-17(23-11)21-10-22-25)13-7-18(20,27)9-24(8-13)16(26)12-2-4-14(19)5-3-12/h2-6,10,13H,7-9,27H2,1H3/t13-,18?/m0/s1. The Balaban J connectivity index is 1.69. The lowest BCUT2D eigenvalue weighted by Crippen LogP contribution is -2.48. The van der Waals surface area contributed by atoms with Crippen molar-refractivity contribution in [3.8, 4) is 0 Å². The molecule has 27 heavy (non-hydrogen) atoms. The van der Waals surface area contributed by atoms with E-state index < -0.39 is 5.41 Å². The van der Waals surface area contributed by atoms with Crippen molar-refractivity contribution in [2.75, 3.05) is 13.1 Å².